The molecule has 5 rings (SSSR count). The molecular formula is C19H19FN6O3. The molecule has 9 nitrogen and oxygen atoms in total. The number of likely N-dealkylation sites (tertiary alicyclic amines) is 1. The summed E-state index contributed by atoms with van der Waals surface area (Å²) in [6, 6.07) is 5.27. The lowest BCUT2D eigenvalue weighted by Crippen LogP contribution is -2.59. The van der Waals surface area contributed by atoms with Crippen LogP contribution in [0.1, 0.15) is 17.3 Å². The largest absolute Gasteiger partial charge is 0.488 e. The van der Waals surface area contributed by atoms with E-state index in [1.807, 2.05) is 11.0 Å². The van der Waals surface area contributed by atoms with Gasteiger partial charge >= 0.3 is 5.69 Å². The highest BCUT2D eigenvalue weighted by Crippen LogP contribution is 2.36. The number of anilines is 2. The van der Waals surface area contributed by atoms with Crippen LogP contribution in [0.25, 0.3) is 5.65 Å². The zero-order valence-electron chi connectivity index (χ0n) is 16.0. The molecule has 1 amide bonds. The second-order valence-corrected chi connectivity index (χ2v) is 7.64. The highest BCUT2D eigenvalue weighted by Gasteiger charge is 2.42. The van der Waals surface area contributed by atoms with Crippen molar-refractivity contribution < 1.29 is 13.9 Å². The Hall–Kier alpha value is -3.43. The van der Waals surface area contributed by atoms with Gasteiger partial charge in [0.15, 0.2) is 17.2 Å². The van der Waals surface area contributed by atoms with Crippen LogP contribution in [0.2, 0.25) is 0 Å². The Morgan fingerprint density at radius 3 is 2.86 bits per heavy atom. The molecular weight excluding hydrogens is 379 g/mol. The number of aromatic nitrogens is 4. The van der Waals surface area contributed by atoms with E-state index in [2.05, 4.69) is 10.1 Å². The summed E-state index contributed by atoms with van der Waals surface area (Å²) in [5.74, 6) is 0.809. The SMILES string of the molecule is Cn1nc2cc(N3CCOc4cc(C(=O)N5CC(C)(F)C5)cnc43)ccn2c1=O. The Morgan fingerprint density at radius 2 is 2.10 bits per heavy atom. The molecule has 150 valence electrons. The Bertz CT molecular complexity index is 1190. The van der Waals surface area contributed by atoms with Gasteiger partial charge in [0.05, 0.1) is 25.2 Å². The Labute approximate surface area is 164 Å². The summed E-state index contributed by atoms with van der Waals surface area (Å²) in [6.07, 6.45) is 3.16. The fraction of sp³-hybridized carbons (Fsp3) is 0.368. The minimum absolute atomic E-state index is 0.0827. The number of fused-ring (bicyclic) bond motifs is 2. The summed E-state index contributed by atoms with van der Waals surface area (Å²) >= 11 is 0. The fourth-order valence-electron chi connectivity index (χ4n) is 3.78. The van der Waals surface area contributed by atoms with E-state index in [1.165, 1.54) is 27.1 Å². The molecule has 2 aliphatic heterocycles. The van der Waals surface area contributed by atoms with Gasteiger partial charge in [-0.15, -0.1) is 0 Å². The summed E-state index contributed by atoms with van der Waals surface area (Å²) in [5, 5.41) is 4.22. The number of aryl methyl sites for hydroxylation is 1. The second kappa shape index (κ2) is 6.03. The minimum atomic E-state index is -1.32. The van der Waals surface area contributed by atoms with Crippen LogP contribution in [-0.2, 0) is 7.05 Å². The van der Waals surface area contributed by atoms with Crippen LogP contribution in [0, 0.1) is 0 Å². The first-order valence-electron chi connectivity index (χ1n) is 9.26. The van der Waals surface area contributed by atoms with Crippen LogP contribution >= 0.6 is 0 Å². The molecule has 0 saturated carbocycles. The zero-order valence-corrected chi connectivity index (χ0v) is 16.0. The maximum absolute atomic E-state index is 13.7. The maximum atomic E-state index is 13.7. The number of hydrogen-bond acceptors (Lipinski definition) is 6. The van der Waals surface area contributed by atoms with E-state index in [4.69, 9.17) is 4.74 Å². The van der Waals surface area contributed by atoms with Crippen molar-refractivity contribution in [3.8, 4) is 5.75 Å². The minimum Gasteiger partial charge on any atom is -0.488 e. The van der Waals surface area contributed by atoms with E-state index >= 15 is 0 Å². The molecule has 1 saturated heterocycles. The van der Waals surface area contributed by atoms with Crippen LogP contribution in [0.3, 0.4) is 0 Å². The van der Waals surface area contributed by atoms with E-state index in [-0.39, 0.29) is 24.7 Å². The van der Waals surface area contributed by atoms with E-state index < -0.39 is 5.67 Å². The maximum Gasteiger partial charge on any atom is 0.350 e. The average Bonchev–Trinajstić information content (AvgIpc) is 2.97. The number of halogens is 1. The van der Waals surface area contributed by atoms with Crippen molar-refractivity contribution in [2.45, 2.75) is 12.6 Å². The first-order chi connectivity index (χ1) is 13.8. The molecule has 0 unspecified atom stereocenters. The molecule has 10 heteroatoms. The van der Waals surface area contributed by atoms with Crippen molar-refractivity contribution in [2.24, 2.45) is 7.05 Å². The molecule has 0 aliphatic carbocycles. The highest BCUT2D eigenvalue weighted by atomic mass is 19.1. The Morgan fingerprint density at radius 1 is 1.31 bits per heavy atom. The van der Waals surface area contributed by atoms with Crippen molar-refractivity contribution in [1.82, 2.24) is 24.1 Å². The first kappa shape index (κ1) is 17.7. The molecule has 2 aliphatic rings. The summed E-state index contributed by atoms with van der Waals surface area (Å²) in [4.78, 5) is 32.4. The van der Waals surface area contributed by atoms with Crippen molar-refractivity contribution in [3.63, 3.8) is 0 Å². The summed E-state index contributed by atoms with van der Waals surface area (Å²) in [7, 11) is 1.60. The van der Waals surface area contributed by atoms with Crippen LogP contribution in [0.4, 0.5) is 15.9 Å². The van der Waals surface area contributed by atoms with Gasteiger partial charge in [0.2, 0.25) is 0 Å². The van der Waals surface area contributed by atoms with Gasteiger partial charge in [0, 0.05) is 31.2 Å². The quantitative estimate of drug-likeness (QED) is 0.644. The predicted octanol–water partition coefficient (Wildman–Crippen LogP) is 1.14. The van der Waals surface area contributed by atoms with Gasteiger partial charge in [0.25, 0.3) is 5.91 Å². The van der Waals surface area contributed by atoms with E-state index in [9.17, 15) is 14.0 Å². The third-order valence-corrected chi connectivity index (χ3v) is 5.20. The monoisotopic (exact) mass is 398 g/mol. The van der Waals surface area contributed by atoms with Crippen molar-refractivity contribution in [1.29, 1.82) is 0 Å². The number of amides is 1. The number of ether oxygens (including phenoxy) is 1. The van der Waals surface area contributed by atoms with Gasteiger partial charge in [-0.05, 0) is 19.1 Å². The highest BCUT2D eigenvalue weighted by molar-refractivity contribution is 5.95. The van der Waals surface area contributed by atoms with Crippen molar-refractivity contribution in [2.75, 3.05) is 31.1 Å². The van der Waals surface area contributed by atoms with Crippen molar-refractivity contribution in [3.05, 3.63) is 46.6 Å². The molecule has 0 bridgehead atoms. The number of carbonyl (C=O) groups is 1. The standard InChI is InChI=1S/C19H19FN6O3/c1-19(20)10-24(11-19)17(27)12-7-14-16(21-9-12)25(5-6-29-14)13-3-4-26-15(8-13)22-23(2)18(26)28/h3-4,7-9H,5-6,10-11H2,1-2H3. The topological polar surface area (TPSA) is 85.0 Å². The van der Waals surface area contributed by atoms with Gasteiger partial charge in [-0.1, -0.05) is 0 Å². The van der Waals surface area contributed by atoms with Gasteiger partial charge in [-0.25, -0.2) is 18.9 Å². The normalized spacial score (nSPS) is 17.6. The Kier molecular flexibility index (Phi) is 3.67. The average molecular weight is 398 g/mol. The smallest absolute Gasteiger partial charge is 0.350 e. The Balaban J connectivity index is 1.47. The molecule has 5 heterocycles. The molecule has 29 heavy (non-hydrogen) atoms. The molecule has 3 aromatic heterocycles. The number of nitrogens with zero attached hydrogens (tertiary/aromatic N) is 6. The number of alkyl halides is 1. The van der Waals surface area contributed by atoms with Gasteiger partial charge < -0.3 is 14.5 Å². The number of hydrogen-bond donors (Lipinski definition) is 0. The third kappa shape index (κ3) is 2.82. The van der Waals surface area contributed by atoms with Crippen LogP contribution in [0.15, 0.2) is 35.4 Å². The lowest BCUT2D eigenvalue weighted by molar-refractivity contribution is -0.00790. The van der Waals surface area contributed by atoms with E-state index in [0.29, 0.717) is 35.9 Å². The second-order valence-electron chi connectivity index (χ2n) is 7.64. The number of pyridine rings is 2. The first-order valence-corrected chi connectivity index (χ1v) is 9.26. The van der Waals surface area contributed by atoms with E-state index in [0.717, 1.165) is 5.69 Å². The van der Waals surface area contributed by atoms with Gasteiger partial charge in [-0.3, -0.25) is 9.20 Å². The van der Waals surface area contributed by atoms with Crippen LogP contribution < -0.4 is 15.3 Å². The molecule has 0 N–H and O–H groups in total. The third-order valence-electron chi connectivity index (χ3n) is 5.20. The van der Waals surface area contributed by atoms with Gasteiger partial charge in [-0.2, -0.15) is 5.10 Å². The molecule has 0 aromatic carbocycles. The van der Waals surface area contributed by atoms with Gasteiger partial charge in [0.1, 0.15) is 12.3 Å². The number of carbonyl (C=O) groups excluding carboxylic acids is 1. The molecule has 3 aromatic rings. The zero-order chi connectivity index (χ0) is 20.3. The predicted molar refractivity (Wildman–Crippen MR) is 103 cm³/mol. The lowest BCUT2D eigenvalue weighted by atomic mass is 9.98. The molecule has 0 radical (unpaired) electrons. The lowest BCUT2D eigenvalue weighted by Gasteiger charge is -2.42. The summed E-state index contributed by atoms with van der Waals surface area (Å²) < 4.78 is 22.2. The van der Waals surface area contributed by atoms with Crippen molar-refractivity contribution >= 4 is 23.1 Å². The van der Waals surface area contributed by atoms with Crippen LogP contribution in [0.5, 0.6) is 5.75 Å². The number of rotatable bonds is 2. The summed E-state index contributed by atoms with van der Waals surface area (Å²) in [6.45, 7) is 2.62. The fourth-order valence-corrected chi connectivity index (χ4v) is 3.78. The summed E-state index contributed by atoms with van der Waals surface area (Å²) in [5.41, 5.74) is 0.173. The molecule has 1 fully saturated rings. The van der Waals surface area contributed by atoms with Crippen LogP contribution in [-0.4, -0.2) is 61.9 Å². The molecule has 0 spiro atoms. The van der Waals surface area contributed by atoms with E-state index in [1.54, 1.807) is 25.4 Å². The molecule has 0 atom stereocenters.